The summed E-state index contributed by atoms with van der Waals surface area (Å²) in [6.07, 6.45) is 0.645. The van der Waals surface area contributed by atoms with Crippen molar-refractivity contribution in [3.05, 3.63) is 71.9 Å². The molecular formula is C16H14N2O. The van der Waals surface area contributed by atoms with Crippen LogP contribution in [0.25, 0.3) is 11.3 Å². The first-order valence-corrected chi connectivity index (χ1v) is 6.19. The molecule has 94 valence electrons. The third-order valence-corrected chi connectivity index (χ3v) is 3.07. The fraction of sp³-hybridized carbons (Fsp3) is 0.0625. The number of rotatable bonds is 3. The van der Waals surface area contributed by atoms with E-state index in [2.05, 4.69) is 10.2 Å². The maximum Gasteiger partial charge on any atom is 0.119 e. The van der Waals surface area contributed by atoms with Crippen molar-refractivity contribution < 1.29 is 5.11 Å². The molecule has 2 aromatic carbocycles. The van der Waals surface area contributed by atoms with E-state index in [1.165, 1.54) is 0 Å². The number of phenolic OH excluding ortho intramolecular Hbond substituents is 1. The minimum Gasteiger partial charge on any atom is -0.508 e. The number of aromatic nitrogens is 2. The van der Waals surface area contributed by atoms with Gasteiger partial charge in [-0.3, -0.25) is 5.10 Å². The highest BCUT2D eigenvalue weighted by Gasteiger charge is 2.06. The van der Waals surface area contributed by atoms with E-state index in [4.69, 9.17) is 0 Å². The first-order chi connectivity index (χ1) is 9.33. The predicted molar refractivity (Wildman–Crippen MR) is 74.9 cm³/mol. The highest BCUT2D eigenvalue weighted by Crippen LogP contribution is 2.22. The molecule has 0 spiro atoms. The van der Waals surface area contributed by atoms with Crippen LogP contribution in [0.4, 0.5) is 0 Å². The Morgan fingerprint density at radius 2 is 1.68 bits per heavy atom. The smallest absolute Gasteiger partial charge is 0.119 e. The van der Waals surface area contributed by atoms with Gasteiger partial charge in [0.15, 0.2) is 0 Å². The van der Waals surface area contributed by atoms with Gasteiger partial charge in [0.2, 0.25) is 0 Å². The van der Waals surface area contributed by atoms with E-state index >= 15 is 0 Å². The predicted octanol–water partition coefficient (Wildman–Crippen LogP) is 3.37. The lowest BCUT2D eigenvalue weighted by Crippen LogP contribution is -1.88. The van der Waals surface area contributed by atoms with Gasteiger partial charge in [-0.1, -0.05) is 48.5 Å². The Hall–Kier alpha value is -2.55. The molecule has 0 unspecified atom stereocenters. The van der Waals surface area contributed by atoms with Crippen LogP contribution >= 0.6 is 0 Å². The second kappa shape index (κ2) is 4.98. The summed E-state index contributed by atoms with van der Waals surface area (Å²) in [5.74, 6) is 0.318. The van der Waals surface area contributed by atoms with Crippen LogP contribution in [0.5, 0.6) is 5.75 Å². The second-order valence-corrected chi connectivity index (χ2v) is 4.45. The molecule has 3 aromatic rings. The molecule has 0 atom stereocenters. The second-order valence-electron chi connectivity index (χ2n) is 4.45. The zero-order chi connectivity index (χ0) is 13.1. The highest BCUT2D eigenvalue weighted by atomic mass is 16.3. The SMILES string of the molecule is Oc1ccccc1Cc1cc(-c2ccccc2)n[nH]1. The Kier molecular flexibility index (Phi) is 3.02. The standard InChI is InChI=1S/C16H14N2O/c19-16-9-5-4-8-13(16)10-14-11-15(18-17-14)12-6-2-1-3-7-12/h1-9,11,19H,10H2,(H,17,18). The molecule has 0 saturated heterocycles. The average Bonchev–Trinajstić information content (AvgIpc) is 2.91. The number of hydrogen-bond donors (Lipinski definition) is 2. The number of aromatic amines is 1. The van der Waals surface area contributed by atoms with Gasteiger partial charge in [0.25, 0.3) is 0 Å². The van der Waals surface area contributed by atoms with Gasteiger partial charge in [0, 0.05) is 17.7 Å². The normalized spacial score (nSPS) is 10.5. The summed E-state index contributed by atoms with van der Waals surface area (Å²) >= 11 is 0. The molecule has 0 fully saturated rings. The van der Waals surface area contributed by atoms with Crippen molar-refractivity contribution in [1.82, 2.24) is 10.2 Å². The molecule has 0 aliphatic carbocycles. The van der Waals surface area contributed by atoms with E-state index in [0.29, 0.717) is 12.2 Å². The summed E-state index contributed by atoms with van der Waals surface area (Å²) in [5.41, 5.74) is 3.89. The van der Waals surface area contributed by atoms with E-state index < -0.39 is 0 Å². The van der Waals surface area contributed by atoms with Crippen molar-refractivity contribution in [2.75, 3.05) is 0 Å². The van der Waals surface area contributed by atoms with E-state index in [-0.39, 0.29) is 0 Å². The molecule has 3 rings (SSSR count). The summed E-state index contributed by atoms with van der Waals surface area (Å²) in [5, 5.41) is 17.1. The summed E-state index contributed by atoms with van der Waals surface area (Å²) in [6.45, 7) is 0. The first kappa shape index (κ1) is 11.5. The average molecular weight is 250 g/mol. The summed E-state index contributed by atoms with van der Waals surface area (Å²) in [7, 11) is 0. The molecular weight excluding hydrogens is 236 g/mol. The Morgan fingerprint density at radius 1 is 0.947 bits per heavy atom. The van der Waals surface area contributed by atoms with Gasteiger partial charge in [-0.15, -0.1) is 0 Å². The van der Waals surface area contributed by atoms with Crippen LogP contribution in [0.2, 0.25) is 0 Å². The van der Waals surface area contributed by atoms with Crippen molar-refractivity contribution >= 4 is 0 Å². The van der Waals surface area contributed by atoms with Crippen LogP contribution in [-0.2, 0) is 6.42 Å². The minimum atomic E-state index is 0.318. The number of hydrogen-bond acceptors (Lipinski definition) is 2. The number of H-pyrrole nitrogens is 1. The monoisotopic (exact) mass is 250 g/mol. The van der Waals surface area contributed by atoms with Gasteiger partial charge in [-0.05, 0) is 17.7 Å². The quantitative estimate of drug-likeness (QED) is 0.748. The lowest BCUT2D eigenvalue weighted by molar-refractivity contribution is 0.469. The van der Waals surface area contributed by atoms with Gasteiger partial charge in [0.05, 0.1) is 5.69 Å². The molecule has 1 heterocycles. The Morgan fingerprint density at radius 3 is 2.47 bits per heavy atom. The van der Waals surface area contributed by atoms with E-state index in [1.54, 1.807) is 6.07 Å². The number of benzene rings is 2. The molecule has 3 heteroatoms. The van der Waals surface area contributed by atoms with Crippen LogP contribution in [0, 0.1) is 0 Å². The maximum absolute atomic E-state index is 9.76. The summed E-state index contributed by atoms with van der Waals surface area (Å²) in [4.78, 5) is 0. The molecule has 0 aliphatic rings. The van der Waals surface area contributed by atoms with Crippen LogP contribution in [0.15, 0.2) is 60.7 Å². The zero-order valence-electron chi connectivity index (χ0n) is 10.4. The molecule has 3 nitrogen and oxygen atoms in total. The summed E-state index contributed by atoms with van der Waals surface area (Å²) in [6, 6.07) is 19.4. The topological polar surface area (TPSA) is 48.9 Å². The number of aromatic hydroxyl groups is 1. The van der Waals surface area contributed by atoms with Crippen LogP contribution in [0.3, 0.4) is 0 Å². The summed E-state index contributed by atoms with van der Waals surface area (Å²) < 4.78 is 0. The van der Waals surface area contributed by atoms with Crippen LogP contribution < -0.4 is 0 Å². The van der Waals surface area contributed by atoms with E-state index in [0.717, 1.165) is 22.5 Å². The lowest BCUT2D eigenvalue weighted by atomic mass is 10.1. The van der Waals surface area contributed by atoms with Gasteiger partial charge in [0.1, 0.15) is 5.75 Å². The number of phenols is 1. The molecule has 1 aromatic heterocycles. The van der Waals surface area contributed by atoms with E-state index in [1.807, 2.05) is 54.6 Å². The zero-order valence-corrected chi connectivity index (χ0v) is 10.4. The highest BCUT2D eigenvalue weighted by molar-refractivity contribution is 5.59. The third-order valence-electron chi connectivity index (χ3n) is 3.07. The van der Waals surface area contributed by atoms with Gasteiger partial charge in [-0.25, -0.2) is 0 Å². The number of nitrogens with zero attached hydrogens (tertiary/aromatic N) is 1. The molecule has 0 aliphatic heterocycles. The maximum atomic E-state index is 9.76. The van der Waals surface area contributed by atoms with Crippen LogP contribution in [-0.4, -0.2) is 15.3 Å². The largest absolute Gasteiger partial charge is 0.508 e. The van der Waals surface area contributed by atoms with E-state index in [9.17, 15) is 5.11 Å². The number of para-hydroxylation sites is 1. The van der Waals surface area contributed by atoms with Gasteiger partial charge >= 0.3 is 0 Å². The first-order valence-electron chi connectivity index (χ1n) is 6.19. The van der Waals surface area contributed by atoms with Gasteiger partial charge in [-0.2, -0.15) is 5.10 Å². The Balaban J connectivity index is 1.85. The molecule has 0 bridgehead atoms. The van der Waals surface area contributed by atoms with Crippen molar-refractivity contribution in [2.45, 2.75) is 6.42 Å². The molecule has 2 N–H and O–H groups in total. The molecule has 0 saturated carbocycles. The third kappa shape index (κ3) is 2.50. The van der Waals surface area contributed by atoms with Crippen molar-refractivity contribution in [3.8, 4) is 17.0 Å². The van der Waals surface area contributed by atoms with Gasteiger partial charge < -0.3 is 5.11 Å². The Bertz CT molecular complexity index is 674. The van der Waals surface area contributed by atoms with Crippen molar-refractivity contribution in [2.24, 2.45) is 0 Å². The minimum absolute atomic E-state index is 0.318. The fourth-order valence-electron chi connectivity index (χ4n) is 2.07. The molecule has 19 heavy (non-hydrogen) atoms. The van der Waals surface area contributed by atoms with Crippen LogP contribution in [0.1, 0.15) is 11.3 Å². The fourth-order valence-corrected chi connectivity index (χ4v) is 2.07. The molecule has 0 amide bonds. The lowest BCUT2D eigenvalue weighted by Gasteiger charge is -2.01. The molecule has 0 radical (unpaired) electrons. The van der Waals surface area contributed by atoms with Crippen molar-refractivity contribution in [1.29, 1.82) is 0 Å². The Labute approximate surface area is 111 Å². The number of nitrogens with one attached hydrogen (secondary N) is 1. The van der Waals surface area contributed by atoms with Crippen molar-refractivity contribution in [3.63, 3.8) is 0 Å².